The minimum absolute atomic E-state index is 0.118. The van der Waals surface area contributed by atoms with Crippen LogP contribution in [0, 0.1) is 0 Å². The molecule has 4 aromatic rings. The van der Waals surface area contributed by atoms with Gasteiger partial charge in [-0.2, -0.15) is 0 Å². The van der Waals surface area contributed by atoms with Crippen molar-refractivity contribution in [3.8, 4) is 17.2 Å². The Morgan fingerprint density at radius 2 is 1.07 bits per heavy atom. The Labute approximate surface area is 169 Å². The van der Waals surface area contributed by atoms with Gasteiger partial charge in [-0.25, -0.2) is 0 Å². The molecule has 0 unspecified atom stereocenters. The summed E-state index contributed by atoms with van der Waals surface area (Å²) in [6, 6.07) is 20.9. The Morgan fingerprint density at radius 3 is 1.48 bits per heavy atom. The van der Waals surface area contributed by atoms with Crippen LogP contribution in [0.4, 0.5) is 11.4 Å². The van der Waals surface area contributed by atoms with E-state index in [2.05, 4.69) is 59.2 Å². The summed E-state index contributed by atoms with van der Waals surface area (Å²) < 4.78 is 16.5. The Morgan fingerprint density at radius 1 is 0.621 bits per heavy atom. The molecule has 0 fully saturated rings. The van der Waals surface area contributed by atoms with Crippen LogP contribution in [0.3, 0.4) is 0 Å². The van der Waals surface area contributed by atoms with Gasteiger partial charge in [0.2, 0.25) is 5.75 Å². The van der Waals surface area contributed by atoms with Crippen molar-refractivity contribution < 1.29 is 14.2 Å². The zero-order valence-electron chi connectivity index (χ0n) is 16.6. The minimum atomic E-state index is -0.118. The molecule has 0 bridgehead atoms. The molecule has 29 heavy (non-hydrogen) atoms. The van der Waals surface area contributed by atoms with E-state index in [1.807, 2.05) is 12.1 Å². The lowest BCUT2D eigenvalue weighted by Gasteiger charge is -2.18. The molecule has 0 aromatic heterocycles. The van der Waals surface area contributed by atoms with Crippen LogP contribution in [0.25, 0.3) is 21.5 Å². The van der Waals surface area contributed by atoms with Crippen molar-refractivity contribution in [2.45, 2.75) is 6.17 Å². The zero-order valence-corrected chi connectivity index (χ0v) is 16.6. The molecule has 0 amide bonds. The molecule has 1 heterocycles. The molecule has 5 heteroatoms. The average molecular weight is 386 g/mol. The summed E-state index contributed by atoms with van der Waals surface area (Å²) in [5.41, 5.74) is 3.22. The molecule has 0 aliphatic carbocycles. The molecule has 0 saturated carbocycles. The maximum absolute atomic E-state index is 5.54. The predicted octanol–water partition coefficient (Wildman–Crippen LogP) is 5.56. The zero-order chi connectivity index (χ0) is 20.0. The van der Waals surface area contributed by atoms with E-state index in [0.717, 1.165) is 16.9 Å². The molecule has 0 radical (unpaired) electrons. The smallest absolute Gasteiger partial charge is 0.203 e. The number of hydrogen-bond donors (Lipinski definition) is 2. The van der Waals surface area contributed by atoms with E-state index < -0.39 is 0 Å². The summed E-state index contributed by atoms with van der Waals surface area (Å²) >= 11 is 0. The van der Waals surface area contributed by atoms with Gasteiger partial charge in [-0.3, -0.25) is 0 Å². The van der Waals surface area contributed by atoms with Gasteiger partial charge >= 0.3 is 0 Å². The van der Waals surface area contributed by atoms with Crippen LogP contribution in [0.15, 0.2) is 60.7 Å². The van der Waals surface area contributed by atoms with Crippen molar-refractivity contribution in [2.24, 2.45) is 0 Å². The van der Waals surface area contributed by atoms with E-state index in [9.17, 15) is 0 Å². The monoisotopic (exact) mass is 386 g/mol. The van der Waals surface area contributed by atoms with E-state index in [4.69, 9.17) is 14.2 Å². The van der Waals surface area contributed by atoms with Crippen molar-refractivity contribution in [2.75, 3.05) is 32.0 Å². The van der Waals surface area contributed by atoms with E-state index in [1.54, 1.807) is 21.3 Å². The Hall–Kier alpha value is -3.60. The largest absolute Gasteiger partial charge is 0.493 e. The van der Waals surface area contributed by atoms with E-state index >= 15 is 0 Å². The lowest BCUT2D eigenvalue weighted by Crippen LogP contribution is -2.13. The normalized spacial score (nSPS) is 13.1. The molecule has 2 N–H and O–H groups in total. The van der Waals surface area contributed by atoms with Crippen molar-refractivity contribution in [1.82, 2.24) is 0 Å². The van der Waals surface area contributed by atoms with Gasteiger partial charge in [0.25, 0.3) is 0 Å². The summed E-state index contributed by atoms with van der Waals surface area (Å²) in [6.45, 7) is 0. The topological polar surface area (TPSA) is 51.8 Å². The van der Waals surface area contributed by atoms with Gasteiger partial charge in [0.1, 0.15) is 6.17 Å². The Bertz CT molecular complexity index is 1150. The molecular weight excluding hydrogens is 364 g/mol. The third-order valence-corrected chi connectivity index (χ3v) is 5.53. The van der Waals surface area contributed by atoms with Gasteiger partial charge in [-0.15, -0.1) is 0 Å². The number of nitrogens with one attached hydrogen (secondary N) is 2. The van der Waals surface area contributed by atoms with Crippen LogP contribution >= 0.6 is 0 Å². The van der Waals surface area contributed by atoms with Gasteiger partial charge in [-0.1, -0.05) is 48.5 Å². The molecule has 146 valence electrons. The molecular formula is C24H22N2O3. The van der Waals surface area contributed by atoms with Crippen molar-refractivity contribution in [3.63, 3.8) is 0 Å². The molecule has 5 nitrogen and oxygen atoms in total. The summed E-state index contributed by atoms with van der Waals surface area (Å²) in [7, 11) is 4.87. The fourth-order valence-corrected chi connectivity index (χ4v) is 4.20. The Balaban J connectivity index is 1.68. The number of benzene rings is 4. The molecule has 0 spiro atoms. The highest BCUT2D eigenvalue weighted by atomic mass is 16.5. The molecule has 1 aliphatic heterocycles. The number of ether oxygens (including phenoxy) is 3. The quantitative estimate of drug-likeness (QED) is 0.450. The van der Waals surface area contributed by atoms with Crippen LogP contribution in [0.5, 0.6) is 17.2 Å². The number of rotatable bonds is 4. The maximum atomic E-state index is 5.54. The minimum Gasteiger partial charge on any atom is -0.493 e. The van der Waals surface area contributed by atoms with Gasteiger partial charge in [-0.05, 0) is 22.9 Å². The Kier molecular flexibility index (Phi) is 4.09. The first-order valence-corrected chi connectivity index (χ1v) is 9.51. The first-order valence-electron chi connectivity index (χ1n) is 9.51. The molecule has 0 saturated heterocycles. The molecule has 0 atom stereocenters. The molecule has 1 aliphatic rings. The molecule has 4 aromatic carbocycles. The summed E-state index contributed by atoms with van der Waals surface area (Å²) in [5.74, 6) is 1.86. The second-order valence-electron chi connectivity index (χ2n) is 7.02. The SMILES string of the molecule is COc1cc(C2Nc3c(c4ccccc4c4ccccc34)N2)cc(OC)c1OC. The lowest BCUT2D eigenvalue weighted by atomic mass is 9.99. The molecule has 5 rings (SSSR count). The number of fused-ring (bicyclic) bond motifs is 6. The summed E-state index contributed by atoms with van der Waals surface area (Å²) in [5, 5.41) is 12.2. The predicted molar refractivity (Wildman–Crippen MR) is 118 cm³/mol. The van der Waals surface area contributed by atoms with Gasteiger partial charge < -0.3 is 24.8 Å². The number of methoxy groups -OCH3 is 3. The summed E-state index contributed by atoms with van der Waals surface area (Å²) in [6.07, 6.45) is -0.118. The van der Waals surface area contributed by atoms with Crippen molar-refractivity contribution in [3.05, 3.63) is 66.2 Å². The first kappa shape index (κ1) is 17.5. The highest BCUT2D eigenvalue weighted by Crippen LogP contribution is 2.48. The number of hydrogen-bond acceptors (Lipinski definition) is 5. The third-order valence-electron chi connectivity index (χ3n) is 5.53. The van der Waals surface area contributed by atoms with Crippen molar-refractivity contribution in [1.29, 1.82) is 0 Å². The van der Waals surface area contributed by atoms with Gasteiger partial charge in [0, 0.05) is 16.3 Å². The van der Waals surface area contributed by atoms with Crippen molar-refractivity contribution >= 4 is 32.9 Å². The number of anilines is 2. The first-order chi connectivity index (χ1) is 14.2. The third kappa shape index (κ3) is 2.62. The highest BCUT2D eigenvalue weighted by Gasteiger charge is 2.27. The van der Waals surface area contributed by atoms with Crippen LogP contribution in [-0.4, -0.2) is 21.3 Å². The summed E-state index contributed by atoms with van der Waals surface area (Å²) in [4.78, 5) is 0. The second kappa shape index (κ2) is 6.78. The maximum Gasteiger partial charge on any atom is 0.203 e. The standard InChI is InChI=1S/C24H22N2O3/c1-27-19-12-14(13-20(28-2)23(19)29-3)24-25-21-17-10-6-4-8-15(17)16-9-5-7-11-18(16)22(21)26-24/h4-13,24-26H,1-3H3. The van der Waals surface area contributed by atoms with Crippen LogP contribution in [-0.2, 0) is 0 Å². The van der Waals surface area contributed by atoms with E-state index in [1.165, 1.54) is 21.5 Å². The van der Waals surface area contributed by atoms with Crippen LogP contribution in [0.2, 0.25) is 0 Å². The van der Waals surface area contributed by atoms with Crippen LogP contribution < -0.4 is 24.8 Å². The second-order valence-corrected chi connectivity index (χ2v) is 7.02. The van der Waals surface area contributed by atoms with Gasteiger partial charge in [0.05, 0.1) is 32.7 Å². The lowest BCUT2D eigenvalue weighted by molar-refractivity contribution is 0.323. The highest BCUT2D eigenvalue weighted by molar-refractivity contribution is 6.21. The fourth-order valence-electron chi connectivity index (χ4n) is 4.20. The fraction of sp³-hybridized carbons (Fsp3) is 0.167. The van der Waals surface area contributed by atoms with Gasteiger partial charge in [0.15, 0.2) is 11.5 Å². The van der Waals surface area contributed by atoms with Crippen LogP contribution in [0.1, 0.15) is 11.7 Å². The average Bonchev–Trinajstić information content (AvgIpc) is 3.24. The van der Waals surface area contributed by atoms with E-state index in [0.29, 0.717) is 17.2 Å². The van der Waals surface area contributed by atoms with E-state index in [-0.39, 0.29) is 6.17 Å².